The summed E-state index contributed by atoms with van der Waals surface area (Å²) >= 11 is 0. The summed E-state index contributed by atoms with van der Waals surface area (Å²) in [5, 5.41) is 15.9. The second-order valence-electron chi connectivity index (χ2n) is 6.99. The number of rotatable bonds is 6. The molecular formula is C19H24N2O5. The minimum atomic E-state index is -0.694. The van der Waals surface area contributed by atoms with Crippen LogP contribution in [0.25, 0.3) is 5.76 Å². The Labute approximate surface area is 152 Å². The third kappa shape index (κ3) is 4.92. The van der Waals surface area contributed by atoms with Crippen molar-refractivity contribution in [2.24, 2.45) is 0 Å². The van der Waals surface area contributed by atoms with Gasteiger partial charge < -0.3 is 20.5 Å². The fourth-order valence-electron chi connectivity index (χ4n) is 2.51. The standard InChI is InChI=1S/C19H24N2O5/c1-19(2,3)26-18(25)21-10-6-9-20-11-14-15(22)12-7-4-5-8-13(12)16(23)17(14)24/h4-5,7-8,20,22H,6,9-11H2,1-3H3,(H,21,25). The first-order valence-electron chi connectivity index (χ1n) is 8.49. The van der Waals surface area contributed by atoms with Gasteiger partial charge in [-0.1, -0.05) is 24.3 Å². The van der Waals surface area contributed by atoms with E-state index in [0.717, 1.165) is 0 Å². The maximum Gasteiger partial charge on any atom is 0.407 e. The predicted molar refractivity (Wildman–Crippen MR) is 97.1 cm³/mol. The molecule has 1 aromatic carbocycles. The molecule has 0 aliphatic heterocycles. The average molecular weight is 360 g/mol. The number of alkyl carbamates (subject to hydrolysis) is 1. The number of ether oxygens (including phenoxy) is 1. The molecule has 1 amide bonds. The molecule has 0 aromatic heterocycles. The van der Waals surface area contributed by atoms with Crippen LogP contribution in [0.4, 0.5) is 4.79 Å². The average Bonchev–Trinajstić information content (AvgIpc) is 2.57. The highest BCUT2D eigenvalue weighted by Crippen LogP contribution is 2.27. The zero-order valence-corrected chi connectivity index (χ0v) is 15.2. The van der Waals surface area contributed by atoms with Crippen molar-refractivity contribution in [3.8, 4) is 0 Å². The molecule has 0 radical (unpaired) electrons. The molecule has 0 atom stereocenters. The largest absolute Gasteiger partial charge is 0.507 e. The van der Waals surface area contributed by atoms with Gasteiger partial charge in [-0.15, -0.1) is 0 Å². The lowest BCUT2D eigenvalue weighted by Gasteiger charge is -2.20. The molecule has 0 heterocycles. The van der Waals surface area contributed by atoms with Crippen molar-refractivity contribution in [2.75, 3.05) is 19.6 Å². The number of carbonyl (C=O) groups excluding carboxylic acids is 3. The first kappa shape index (κ1) is 19.7. The number of benzene rings is 1. The van der Waals surface area contributed by atoms with Gasteiger partial charge in [0.1, 0.15) is 11.4 Å². The highest BCUT2D eigenvalue weighted by Gasteiger charge is 2.32. The number of fused-ring (bicyclic) bond motifs is 1. The summed E-state index contributed by atoms with van der Waals surface area (Å²) in [7, 11) is 0. The van der Waals surface area contributed by atoms with E-state index in [1.165, 1.54) is 6.07 Å². The van der Waals surface area contributed by atoms with Crippen LogP contribution < -0.4 is 10.6 Å². The Bertz CT molecular complexity index is 747. The Hall–Kier alpha value is -2.67. The molecule has 7 heteroatoms. The molecule has 0 fully saturated rings. The molecule has 0 saturated heterocycles. The lowest BCUT2D eigenvalue weighted by atomic mass is 9.88. The summed E-state index contributed by atoms with van der Waals surface area (Å²) in [5.74, 6) is -1.47. The van der Waals surface area contributed by atoms with Crippen molar-refractivity contribution < 1.29 is 24.2 Å². The molecule has 1 aliphatic carbocycles. The van der Waals surface area contributed by atoms with E-state index in [1.807, 2.05) is 0 Å². The number of hydrogen-bond acceptors (Lipinski definition) is 6. The minimum absolute atomic E-state index is 0.0637. The summed E-state index contributed by atoms with van der Waals surface area (Å²) < 4.78 is 5.12. The number of aliphatic hydroxyl groups excluding tert-OH is 1. The molecule has 2 rings (SSSR count). The predicted octanol–water partition coefficient (Wildman–Crippen LogP) is 2.23. The molecule has 0 saturated carbocycles. The molecule has 0 unspecified atom stereocenters. The van der Waals surface area contributed by atoms with Crippen molar-refractivity contribution in [2.45, 2.75) is 32.8 Å². The fourth-order valence-corrected chi connectivity index (χ4v) is 2.51. The van der Waals surface area contributed by atoms with Gasteiger partial charge in [-0.05, 0) is 33.7 Å². The van der Waals surface area contributed by atoms with E-state index in [4.69, 9.17) is 4.74 Å². The van der Waals surface area contributed by atoms with Crippen LogP contribution in [0.1, 0.15) is 43.1 Å². The topological polar surface area (TPSA) is 105 Å². The smallest absolute Gasteiger partial charge is 0.407 e. The van der Waals surface area contributed by atoms with Crippen LogP contribution in [-0.2, 0) is 9.53 Å². The van der Waals surface area contributed by atoms with Gasteiger partial charge in [-0.25, -0.2) is 4.79 Å². The monoisotopic (exact) mass is 360 g/mol. The molecule has 1 aliphatic rings. The summed E-state index contributed by atoms with van der Waals surface area (Å²) in [5.41, 5.74) is 0.117. The molecule has 140 valence electrons. The number of Topliss-reactive ketones (excluding diaryl/α,β-unsaturated/α-hetero) is 2. The molecule has 0 spiro atoms. The first-order valence-corrected chi connectivity index (χ1v) is 8.49. The zero-order valence-electron chi connectivity index (χ0n) is 15.2. The van der Waals surface area contributed by atoms with E-state index < -0.39 is 23.3 Å². The van der Waals surface area contributed by atoms with Crippen LogP contribution in [0.15, 0.2) is 29.8 Å². The van der Waals surface area contributed by atoms with Crippen molar-refractivity contribution in [3.05, 3.63) is 41.0 Å². The molecule has 7 nitrogen and oxygen atoms in total. The van der Waals surface area contributed by atoms with E-state index >= 15 is 0 Å². The summed E-state index contributed by atoms with van der Waals surface area (Å²) in [6, 6.07) is 6.49. The van der Waals surface area contributed by atoms with Gasteiger partial charge >= 0.3 is 6.09 Å². The van der Waals surface area contributed by atoms with Gasteiger partial charge in [0.2, 0.25) is 11.6 Å². The summed E-state index contributed by atoms with van der Waals surface area (Å²) in [6.07, 6.45) is 0.119. The Morgan fingerprint density at radius 3 is 2.38 bits per heavy atom. The Kier molecular flexibility index (Phi) is 6.15. The minimum Gasteiger partial charge on any atom is -0.507 e. The third-order valence-electron chi connectivity index (χ3n) is 3.69. The quantitative estimate of drug-likeness (QED) is 0.531. The normalized spacial score (nSPS) is 14.3. The van der Waals surface area contributed by atoms with E-state index in [2.05, 4.69) is 10.6 Å². The molecule has 0 bridgehead atoms. The third-order valence-corrected chi connectivity index (χ3v) is 3.69. The highest BCUT2D eigenvalue weighted by molar-refractivity contribution is 6.52. The summed E-state index contributed by atoms with van der Waals surface area (Å²) in [4.78, 5) is 35.8. The van der Waals surface area contributed by atoms with E-state index in [9.17, 15) is 19.5 Å². The van der Waals surface area contributed by atoms with Gasteiger partial charge in [0.25, 0.3) is 0 Å². The van der Waals surface area contributed by atoms with Crippen LogP contribution in [0.3, 0.4) is 0 Å². The molecule has 26 heavy (non-hydrogen) atoms. The van der Waals surface area contributed by atoms with Crippen LogP contribution in [0, 0.1) is 0 Å². The number of ketones is 2. The Morgan fingerprint density at radius 1 is 1.08 bits per heavy atom. The molecule has 3 N–H and O–H groups in total. The summed E-state index contributed by atoms with van der Waals surface area (Å²) in [6.45, 7) is 6.34. The second kappa shape index (κ2) is 8.14. The van der Waals surface area contributed by atoms with Gasteiger partial charge in [0.05, 0.1) is 5.57 Å². The van der Waals surface area contributed by atoms with Crippen LogP contribution in [0.2, 0.25) is 0 Å². The first-order chi connectivity index (χ1) is 12.2. The molecule has 1 aromatic rings. The van der Waals surface area contributed by atoms with Crippen LogP contribution in [0.5, 0.6) is 0 Å². The second-order valence-corrected chi connectivity index (χ2v) is 6.99. The number of carbonyl (C=O) groups is 3. The number of amides is 1. The van der Waals surface area contributed by atoms with Crippen molar-refractivity contribution in [1.29, 1.82) is 0 Å². The SMILES string of the molecule is CC(C)(C)OC(=O)NCCCNCC1=C(O)c2ccccc2C(=O)C1=O. The Morgan fingerprint density at radius 2 is 1.73 bits per heavy atom. The zero-order chi connectivity index (χ0) is 19.3. The maximum absolute atomic E-state index is 12.2. The highest BCUT2D eigenvalue weighted by atomic mass is 16.6. The van der Waals surface area contributed by atoms with Crippen molar-refractivity contribution in [3.63, 3.8) is 0 Å². The van der Waals surface area contributed by atoms with Gasteiger partial charge in [-0.2, -0.15) is 0 Å². The van der Waals surface area contributed by atoms with E-state index in [-0.39, 0.29) is 23.4 Å². The van der Waals surface area contributed by atoms with Crippen molar-refractivity contribution in [1.82, 2.24) is 10.6 Å². The van der Waals surface area contributed by atoms with Gasteiger partial charge in [-0.3, -0.25) is 9.59 Å². The van der Waals surface area contributed by atoms with Crippen LogP contribution >= 0.6 is 0 Å². The van der Waals surface area contributed by atoms with Gasteiger partial charge in [0, 0.05) is 24.2 Å². The molecular weight excluding hydrogens is 336 g/mol. The number of hydrogen-bond donors (Lipinski definition) is 3. The Balaban J connectivity index is 1.82. The lowest BCUT2D eigenvalue weighted by molar-refractivity contribution is -0.112. The van der Waals surface area contributed by atoms with E-state index in [1.54, 1.807) is 39.0 Å². The number of nitrogens with one attached hydrogen (secondary N) is 2. The lowest BCUT2D eigenvalue weighted by Crippen LogP contribution is -2.34. The van der Waals surface area contributed by atoms with Crippen molar-refractivity contribution >= 4 is 23.4 Å². The van der Waals surface area contributed by atoms with Crippen LogP contribution in [-0.4, -0.2) is 48.0 Å². The van der Waals surface area contributed by atoms with Gasteiger partial charge in [0.15, 0.2) is 0 Å². The number of aliphatic hydroxyl groups is 1. The van der Waals surface area contributed by atoms with E-state index in [0.29, 0.717) is 25.1 Å². The fraction of sp³-hybridized carbons (Fsp3) is 0.421. The maximum atomic E-state index is 12.2.